The van der Waals surface area contributed by atoms with E-state index in [2.05, 4.69) is 0 Å². The number of nitrogens with zero attached hydrogens (tertiary/aromatic N) is 1. The fourth-order valence-corrected chi connectivity index (χ4v) is 8.20. The van der Waals surface area contributed by atoms with E-state index in [0.717, 1.165) is 44.4 Å². The van der Waals surface area contributed by atoms with Crippen LogP contribution in [0.3, 0.4) is 0 Å². The maximum Gasteiger partial charge on any atom is 0.311 e. The zero-order valence-electron chi connectivity index (χ0n) is 36.7. The van der Waals surface area contributed by atoms with Gasteiger partial charge in [0.25, 0.3) is 11.8 Å². The molecule has 2 saturated heterocycles. The Morgan fingerprint density at radius 1 is 0.571 bits per heavy atom. The molecule has 0 unspecified atom stereocenters. The standard InChI is InChI=1S/C44H53NO17S/c1-22(46)56-33-29(20-54-41(52)43(5,6)7)60-39(36(59-25(4)49)35(33)58-24(3)48)62-32-30(21-55-42(53)44(8,9)10)61-40(63-26-16-12-11-13-17-26)31(34(32)57-23(2)47)45-37(50)27-18-14-15-19-28(27)38(45)51/h11-19,29-36,39-40H,20-21H2,1-10H3/t29-,30-,31-,32-,33+,34-,35+,36-,39+,40+/m1/s1. The monoisotopic (exact) mass is 899 g/mol. The molecule has 18 nitrogen and oxygen atoms in total. The van der Waals surface area contributed by atoms with E-state index in [1.807, 2.05) is 0 Å². The molecule has 2 aromatic rings. The number of ether oxygens (including phenoxy) is 9. The highest BCUT2D eigenvalue weighted by atomic mass is 32.2. The molecule has 0 saturated carbocycles. The topological polar surface area (TPSA) is 223 Å². The highest BCUT2D eigenvalue weighted by Gasteiger charge is 2.60. The first-order valence-electron chi connectivity index (χ1n) is 20.2. The van der Waals surface area contributed by atoms with Gasteiger partial charge in [-0.1, -0.05) is 42.1 Å². The first-order chi connectivity index (χ1) is 29.5. The third kappa shape index (κ3) is 11.8. The minimum absolute atomic E-state index is 0.0742. The Balaban J connectivity index is 1.69. The van der Waals surface area contributed by atoms with Gasteiger partial charge in [0.1, 0.15) is 43.0 Å². The number of esters is 6. The second-order valence-electron chi connectivity index (χ2n) is 17.1. The lowest BCUT2D eigenvalue weighted by Crippen LogP contribution is -2.69. The van der Waals surface area contributed by atoms with Gasteiger partial charge in [0.2, 0.25) is 0 Å². The zero-order valence-corrected chi connectivity index (χ0v) is 37.5. The van der Waals surface area contributed by atoms with Crippen LogP contribution in [0.25, 0.3) is 0 Å². The Morgan fingerprint density at radius 3 is 1.48 bits per heavy atom. The fourth-order valence-electron chi connectivity index (χ4n) is 7.00. The third-order valence-corrected chi connectivity index (χ3v) is 11.0. The van der Waals surface area contributed by atoms with E-state index in [1.165, 1.54) is 12.1 Å². The van der Waals surface area contributed by atoms with E-state index in [9.17, 15) is 38.4 Å². The number of thioether (sulfide) groups is 1. The molecule has 0 spiro atoms. The number of amides is 2. The minimum atomic E-state index is -1.86. The van der Waals surface area contributed by atoms with E-state index in [4.69, 9.17) is 42.6 Å². The molecule has 2 amide bonds. The van der Waals surface area contributed by atoms with Gasteiger partial charge in [-0.2, -0.15) is 0 Å². The second-order valence-corrected chi connectivity index (χ2v) is 18.3. The van der Waals surface area contributed by atoms with E-state index in [0.29, 0.717) is 4.90 Å². The summed E-state index contributed by atoms with van der Waals surface area (Å²) in [6.07, 6.45) is -13.0. The first kappa shape index (κ1) is 48.7. The van der Waals surface area contributed by atoms with Crippen molar-refractivity contribution in [3.05, 3.63) is 65.7 Å². The molecule has 0 radical (unpaired) electrons. The van der Waals surface area contributed by atoms with Crippen LogP contribution in [0.15, 0.2) is 59.5 Å². The molecule has 3 aliphatic heterocycles. The number of carbonyl (C=O) groups excluding carboxylic acids is 8. The normalized spacial score (nSPS) is 27.1. The Bertz CT molecular complexity index is 2030. The smallest absolute Gasteiger partial charge is 0.311 e. The molecule has 0 aromatic heterocycles. The molecule has 3 aliphatic rings. The summed E-state index contributed by atoms with van der Waals surface area (Å²) < 4.78 is 54.0. The lowest BCUT2D eigenvalue weighted by Gasteiger charge is -2.50. The van der Waals surface area contributed by atoms with E-state index in [-0.39, 0.29) is 11.1 Å². The largest absolute Gasteiger partial charge is 0.462 e. The molecule has 0 aliphatic carbocycles. The molecule has 0 bridgehead atoms. The summed E-state index contributed by atoms with van der Waals surface area (Å²) >= 11 is 1.09. The van der Waals surface area contributed by atoms with E-state index < -0.39 is 132 Å². The van der Waals surface area contributed by atoms with Crippen LogP contribution < -0.4 is 0 Å². The summed E-state index contributed by atoms with van der Waals surface area (Å²) in [5, 5.41) is 0. The van der Waals surface area contributed by atoms with Gasteiger partial charge in [0.15, 0.2) is 30.7 Å². The van der Waals surface area contributed by atoms with Gasteiger partial charge < -0.3 is 42.6 Å². The summed E-state index contributed by atoms with van der Waals surface area (Å²) in [5.74, 6) is -6.39. The van der Waals surface area contributed by atoms with Crippen LogP contribution in [0, 0.1) is 10.8 Å². The molecule has 63 heavy (non-hydrogen) atoms. The number of carbonyl (C=O) groups is 8. The Labute approximate surface area is 368 Å². The Morgan fingerprint density at radius 2 is 1.00 bits per heavy atom. The summed E-state index contributed by atoms with van der Waals surface area (Å²) in [7, 11) is 0. The minimum Gasteiger partial charge on any atom is -0.462 e. The summed E-state index contributed by atoms with van der Waals surface area (Å²) in [6, 6.07) is 13.5. The van der Waals surface area contributed by atoms with Crippen molar-refractivity contribution in [2.24, 2.45) is 10.8 Å². The van der Waals surface area contributed by atoms with Gasteiger partial charge in [0, 0.05) is 32.6 Å². The second kappa shape index (κ2) is 20.0. The van der Waals surface area contributed by atoms with Gasteiger partial charge in [-0.15, -0.1) is 0 Å². The highest BCUT2D eigenvalue weighted by Crippen LogP contribution is 2.42. The van der Waals surface area contributed by atoms with E-state index >= 15 is 0 Å². The predicted octanol–water partition coefficient (Wildman–Crippen LogP) is 4.18. The van der Waals surface area contributed by atoms with Crippen molar-refractivity contribution in [2.45, 2.75) is 135 Å². The van der Waals surface area contributed by atoms with Crippen molar-refractivity contribution < 1.29 is 81.0 Å². The molecule has 2 aromatic carbocycles. The quantitative estimate of drug-likeness (QED) is 0.156. The number of hydrogen-bond donors (Lipinski definition) is 0. The molecular weight excluding hydrogens is 847 g/mol. The molecule has 342 valence electrons. The molecule has 0 N–H and O–H groups in total. The van der Waals surface area contributed by atoms with Crippen LogP contribution in [-0.2, 0) is 71.4 Å². The number of fused-ring (bicyclic) bond motifs is 1. The van der Waals surface area contributed by atoms with Crippen LogP contribution in [0.4, 0.5) is 0 Å². The average Bonchev–Trinajstić information content (AvgIpc) is 3.43. The number of hydrogen-bond acceptors (Lipinski definition) is 18. The van der Waals surface area contributed by atoms with Gasteiger partial charge in [-0.05, 0) is 65.8 Å². The molecule has 19 heteroatoms. The van der Waals surface area contributed by atoms with E-state index in [1.54, 1.807) is 84.0 Å². The molecule has 10 atom stereocenters. The summed E-state index contributed by atoms with van der Waals surface area (Å²) in [6.45, 7) is 12.8. The van der Waals surface area contributed by atoms with Gasteiger partial charge in [0.05, 0.1) is 22.0 Å². The van der Waals surface area contributed by atoms with Gasteiger partial charge >= 0.3 is 35.8 Å². The summed E-state index contributed by atoms with van der Waals surface area (Å²) in [5.41, 5.74) is -3.08. The first-order valence-corrected chi connectivity index (χ1v) is 21.0. The Kier molecular flexibility index (Phi) is 15.4. The number of rotatable bonds is 13. The predicted molar refractivity (Wildman–Crippen MR) is 218 cm³/mol. The van der Waals surface area contributed by atoms with Crippen molar-refractivity contribution in [2.75, 3.05) is 13.2 Å². The van der Waals surface area contributed by atoms with Gasteiger partial charge in [-0.25, -0.2) is 0 Å². The number of benzene rings is 2. The SMILES string of the molecule is CC(=O)O[C@H]1[C@@H](OC(C)=O)[C@@H](COC(=O)C(C)(C)C)O[C@@H](O[C@H]2[C@H](OC(C)=O)[C@@H](N3C(=O)c4ccccc4C3=O)[C@H](Sc3ccccc3)O[C@@H]2COC(=O)C(C)(C)C)[C@@H]1OC(C)=O. The van der Waals surface area contributed by atoms with Crippen LogP contribution in [-0.4, -0.2) is 126 Å². The molecule has 5 rings (SSSR count). The van der Waals surface area contributed by atoms with Crippen LogP contribution in [0.1, 0.15) is 90.0 Å². The van der Waals surface area contributed by atoms with Crippen molar-refractivity contribution in [1.29, 1.82) is 0 Å². The highest BCUT2D eigenvalue weighted by molar-refractivity contribution is 7.99. The Hall–Kier alpha value is -5.37. The van der Waals surface area contributed by atoms with Crippen molar-refractivity contribution in [3.63, 3.8) is 0 Å². The average molecular weight is 900 g/mol. The maximum absolute atomic E-state index is 14.3. The maximum atomic E-state index is 14.3. The van der Waals surface area contributed by atoms with Crippen LogP contribution in [0.2, 0.25) is 0 Å². The van der Waals surface area contributed by atoms with Crippen LogP contribution in [0.5, 0.6) is 0 Å². The molecular formula is C44H53NO17S. The van der Waals surface area contributed by atoms with Gasteiger partial charge in [-0.3, -0.25) is 43.3 Å². The lowest BCUT2D eigenvalue weighted by molar-refractivity contribution is -0.338. The van der Waals surface area contributed by atoms with Crippen LogP contribution >= 0.6 is 11.8 Å². The van der Waals surface area contributed by atoms with Crippen molar-refractivity contribution in [3.8, 4) is 0 Å². The van der Waals surface area contributed by atoms with Crippen molar-refractivity contribution in [1.82, 2.24) is 4.90 Å². The lowest BCUT2D eigenvalue weighted by atomic mass is 9.94. The third-order valence-electron chi connectivity index (χ3n) is 9.81. The number of imide groups is 1. The molecule has 3 heterocycles. The fraction of sp³-hybridized carbons (Fsp3) is 0.545. The van der Waals surface area contributed by atoms with Crippen molar-refractivity contribution >= 4 is 59.4 Å². The zero-order chi connectivity index (χ0) is 46.6. The summed E-state index contributed by atoms with van der Waals surface area (Å²) in [4.78, 5) is 108. The molecule has 2 fully saturated rings.